The Morgan fingerprint density at radius 1 is 0.328 bits per heavy atom. The van der Waals surface area contributed by atoms with Crippen LogP contribution in [0.3, 0.4) is 0 Å². The first-order valence-corrected chi connectivity index (χ1v) is 27.7. The fourth-order valence-corrected chi connectivity index (χ4v) is 7.90. The van der Waals surface area contributed by atoms with Gasteiger partial charge in [0.25, 0.3) is 0 Å². The number of ether oxygens (including phenoxy) is 3. The van der Waals surface area contributed by atoms with Crippen LogP contribution in [-0.2, 0) is 28.6 Å². The summed E-state index contributed by atoms with van der Waals surface area (Å²) >= 11 is 0. The van der Waals surface area contributed by atoms with E-state index in [9.17, 15) is 14.4 Å². The molecule has 0 aliphatic rings. The maximum absolute atomic E-state index is 12.8. The first kappa shape index (κ1) is 61.4. The van der Waals surface area contributed by atoms with Gasteiger partial charge in [0.1, 0.15) is 13.2 Å². The van der Waals surface area contributed by atoms with E-state index < -0.39 is 6.10 Å². The zero-order valence-corrected chi connectivity index (χ0v) is 42.6. The van der Waals surface area contributed by atoms with Gasteiger partial charge in [0.05, 0.1) is 0 Å². The third kappa shape index (κ3) is 50.4. The van der Waals surface area contributed by atoms with Gasteiger partial charge in [0, 0.05) is 19.3 Å². The van der Waals surface area contributed by atoms with Gasteiger partial charge >= 0.3 is 17.9 Å². The fourth-order valence-electron chi connectivity index (χ4n) is 7.90. The van der Waals surface area contributed by atoms with Gasteiger partial charge in [-0.1, -0.05) is 249 Å². The molecule has 0 aromatic carbocycles. The van der Waals surface area contributed by atoms with Crippen molar-refractivity contribution in [2.24, 2.45) is 0 Å². The molecule has 0 aromatic heterocycles. The third-order valence-corrected chi connectivity index (χ3v) is 12.1. The summed E-state index contributed by atoms with van der Waals surface area (Å²) < 4.78 is 16.8. The number of rotatable bonds is 50. The second-order valence-corrected chi connectivity index (χ2v) is 18.5. The molecule has 0 N–H and O–H groups in total. The maximum Gasteiger partial charge on any atom is 0.306 e. The molecular weight excluding hydrogens is 793 g/mol. The van der Waals surface area contributed by atoms with E-state index in [-0.39, 0.29) is 37.5 Å². The summed E-state index contributed by atoms with van der Waals surface area (Å²) in [6.45, 7) is 6.59. The lowest BCUT2D eigenvalue weighted by Crippen LogP contribution is -2.30. The van der Waals surface area contributed by atoms with Crippen LogP contribution in [0.2, 0.25) is 0 Å². The molecule has 1 atom stereocenters. The highest BCUT2D eigenvalue weighted by atomic mass is 16.6. The van der Waals surface area contributed by atoms with Crippen LogP contribution >= 0.6 is 0 Å². The Hall–Kier alpha value is -2.63. The molecule has 0 amide bonds. The molecule has 0 fully saturated rings. The van der Waals surface area contributed by atoms with Crippen LogP contribution in [0, 0.1) is 0 Å². The van der Waals surface area contributed by atoms with Gasteiger partial charge < -0.3 is 14.2 Å². The Morgan fingerprint density at radius 3 is 1.05 bits per heavy atom. The topological polar surface area (TPSA) is 78.9 Å². The van der Waals surface area contributed by atoms with Crippen LogP contribution in [0.5, 0.6) is 0 Å². The number of unbranched alkanes of at least 4 members (excludes halogenated alkanes) is 32. The number of carbonyl (C=O) groups is 3. The highest BCUT2D eigenvalue weighted by Gasteiger charge is 2.19. The van der Waals surface area contributed by atoms with Crippen molar-refractivity contribution >= 4 is 17.9 Å². The van der Waals surface area contributed by atoms with E-state index in [0.717, 1.165) is 70.6 Å². The molecule has 64 heavy (non-hydrogen) atoms. The summed E-state index contributed by atoms with van der Waals surface area (Å²) in [5.74, 6) is -0.968. The molecule has 0 heterocycles. The first-order chi connectivity index (χ1) is 31.5. The van der Waals surface area contributed by atoms with Crippen molar-refractivity contribution in [3.05, 3.63) is 48.6 Å². The van der Waals surface area contributed by atoms with Crippen molar-refractivity contribution in [2.45, 2.75) is 290 Å². The molecule has 0 spiro atoms. The molecule has 0 saturated carbocycles. The van der Waals surface area contributed by atoms with Crippen molar-refractivity contribution in [2.75, 3.05) is 13.2 Å². The van der Waals surface area contributed by atoms with Crippen LogP contribution in [0.15, 0.2) is 48.6 Å². The molecule has 1 unspecified atom stereocenters. The monoisotopic (exact) mass is 897 g/mol. The van der Waals surface area contributed by atoms with E-state index in [2.05, 4.69) is 63.3 Å². The van der Waals surface area contributed by atoms with Crippen molar-refractivity contribution in [1.29, 1.82) is 0 Å². The summed E-state index contributed by atoms with van der Waals surface area (Å²) in [6.07, 6.45) is 63.9. The van der Waals surface area contributed by atoms with Crippen molar-refractivity contribution in [3.8, 4) is 0 Å². The van der Waals surface area contributed by atoms with E-state index in [1.54, 1.807) is 0 Å². The smallest absolute Gasteiger partial charge is 0.306 e. The Morgan fingerprint density at radius 2 is 0.641 bits per heavy atom. The van der Waals surface area contributed by atoms with Gasteiger partial charge in [-0.15, -0.1) is 0 Å². The first-order valence-electron chi connectivity index (χ1n) is 27.7. The minimum atomic E-state index is -0.799. The summed E-state index contributed by atoms with van der Waals surface area (Å²) in [4.78, 5) is 38.0. The molecule has 0 aromatic rings. The minimum Gasteiger partial charge on any atom is -0.462 e. The predicted molar refractivity (Wildman–Crippen MR) is 275 cm³/mol. The van der Waals surface area contributed by atoms with Gasteiger partial charge in [-0.05, 0) is 64.2 Å². The zero-order chi connectivity index (χ0) is 46.5. The molecule has 0 aliphatic carbocycles. The average Bonchev–Trinajstić information content (AvgIpc) is 3.29. The molecule has 0 aliphatic heterocycles. The van der Waals surface area contributed by atoms with Crippen LogP contribution in [0.25, 0.3) is 0 Å². The quantitative estimate of drug-likeness (QED) is 0.0199. The van der Waals surface area contributed by atoms with Crippen molar-refractivity contribution < 1.29 is 28.6 Å². The van der Waals surface area contributed by atoms with Gasteiger partial charge in [-0.3, -0.25) is 14.4 Å². The van der Waals surface area contributed by atoms with Gasteiger partial charge in [-0.25, -0.2) is 0 Å². The summed E-state index contributed by atoms with van der Waals surface area (Å²) in [5, 5.41) is 0. The highest BCUT2D eigenvalue weighted by Crippen LogP contribution is 2.15. The molecule has 0 rings (SSSR count). The van der Waals surface area contributed by atoms with Gasteiger partial charge in [-0.2, -0.15) is 0 Å². The summed E-state index contributed by atoms with van der Waals surface area (Å²) in [5.41, 5.74) is 0. The predicted octanol–water partition coefficient (Wildman–Crippen LogP) is 18.3. The van der Waals surface area contributed by atoms with Crippen LogP contribution in [0.4, 0.5) is 0 Å². The Balaban J connectivity index is 4.42. The lowest BCUT2D eigenvalue weighted by Gasteiger charge is -2.18. The SMILES string of the molecule is CCCCCCCC/C=C/C/C=C/CCC(=O)OCC(COC(=O)CCCCCCC/C=C/C=C/CCCCCCCCC)OC(=O)CCCCCCCCCCCCCCCCC. The second-order valence-electron chi connectivity index (χ2n) is 18.5. The largest absolute Gasteiger partial charge is 0.462 e. The van der Waals surface area contributed by atoms with E-state index in [0.29, 0.717) is 19.3 Å². The van der Waals surface area contributed by atoms with Gasteiger partial charge in [0.15, 0.2) is 6.10 Å². The van der Waals surface area contributed by atoms with Crippen molar-refractivity contribution in [1.82, 2.24) is 0 Å². The van der Waals surface area contributed by atoms with Crippen LogP contribution in [0.1, 0.15) is 284 Å². The van der Waals surface area contributed by atoms with E-state index in [4.69, 9.17) is 14.2 Å². The third-order valence-electron chi connectivity index (χ3n) is 12.1. The highest BCUT2D eigenvalue weighted by molar-refractivity contribution is 5.71. The molecule has 0 bridgehead atoms. The normalized spacial score (nSPS) is 12.4. The van der Waals surface area contributed by atoms with Crippen molar-refractivity contribution in [3.63, 3.8) is 0 Å². The molecule has 372 valence electrons. The number of esters is 3. The molecule has 0 radical (unpaired) electrons. The van der Waals surface area contributed by atoms with Crippen LogP contribution < -0.4 is 0 Å². The van der Waals surface area contributed by atoms with Crippen LogP contribution in [-0.4, -0.2) is 37.2 Å². The fraction of sp³-hybridized carbons (Fsp3) is 0.810. The average molecular weight is 897 g/mol. The Labute approximate surface area is 397 Å². The zero-order valence-electron chi connectivity index (χ0n) is 42.6. The van der Waals surface area contributed by atoms with E-state index >= 15 is 0 Å². The van der Waals surface area contributed by atoms with E-state index in [1.807, 2.05) is 6.08 Å². The molecule has 6 heteroatoms. The number of allylic oxidation sites excluding steroid dienone is 8. The lowest BCUT2D eigenvalue weighted by atomic mass is 10.0. The molecular formula is C58H104O6. The second kappa shape index (κ2) is 53.0. The van der Waals surface area contributed by atoms with E-state index in [1.165, 1.54) is 167 Å². The minimum absolute atomic E-state index is 0.0957. The number of hydrogen-bond donors (Lipinski definition) is 0. The summed E-state index contributed by atoms with van der Waals surface area (Å²) in [6, 6.07) is 0. The number of hydrogen-bond acceptors (Lipinski definition) is 6. The van der Waals surface area contributed by atoms with Gasteiger partial charge in [0.2, 0.25) is 0 Å². The maximum atomic E-state index is 12.8. The standard InChI is InChI=1S/C58H104O6/c1-4-7-10-13-16-19-22-25-27-28-29-31-33-36-39-42-45-48-51-57(60)63-54-55(53-62-56(59)50-47-44-41-38-35-32-24-21-18-15-12-9-6-3)64-58(61)52-49-46-43-40-37-34-30-26-23-20-17-14-11-8-5-2/h27-29,31-32,35,41,44,55H,4-26,30,33-34,36-40,42-43,45-54H2,1-3H3/b28-27+,31-29+,35-32+,44-41+. The number of carbonyl (C=O) groups excluding carboxylic acids is 3. The Kier molecular flexibility index (Phi) is 50.8. The Bertz CT molecular complexity index is 1120. The lowest BCUT2D eigenvalue weighted by molar-refractivity contribution is -0.166. The molecule has 6 nitrogen and oxygen atoms in total. The summed E-state index contributed by atoms with van der Waals surface area (Å²) in [7, 11) is 0. The molecule has 0 saturated heterocycles.